The van der Waals surface area contributed by atoms with Crippen LogP contribution in [0.5, 0.6) is 11.5 Å². The molecule has 1 aromatic carbocycles. The van der Waals surface area contributed by atoms with Gasteiger partial charge in [-0.2, -0.15) is 9.78 Å². The van der Waals surface area contributed by atoms with E-state index in [1.165, 1.54) is 7.11 Å². The maximum Gasteiger partial charge on any atom is 0.275 e. The molecule has 128 valence electrons. The molecule has 0 spiro atoms. The number of nitrogens with zero attached hydrogens (tertiary/aromatic N) is 2. The highest BCUT2D eigenvalue weighted by Gasteiger charge is 2.17. The second kappa shape index (κ2) is 8.11. The smallest absolute Gasteiger partial charge is 0.275 e. The molecule has 0 saturated carbocycles. The Morgan fingerprint density at radius 2 is 2.08 bits per heavy atom. The van der Waals surface area contributed by atoms with Gasteiger partial charge < -0.3 is 19.9 Å². The Morgan fingerprint density at radius 3 is 2.79 bits per heavy atom. The Labute approximate surface area is 138 Å². The summed E-state index contributed by atoms with van der Waals surface area (Å²) in [6, 6.07) is 7.70. The fraction of sp³-hybridized carbons (Fsp3) is 0.312. The molecule has 24 heavy (non-hydrogen) atoms. The van der Waals surface area contributed by atoms with Gasteiger partial charge in [-0.05, 0) is 18.6 Å². The summed E-state index contributed by atoms with van der Waals surface area (Å²) in [5, 5.41) is 16.5. The quantitative estimate of drug-likeness (QED) is 0.724. The fourth-order valence-electron chi connectivity index (χ4n) is 2.09. The van der Waals surface area contributed by atoms with Gasteiger partial charge in [0.05, 0.1) is 7.11 Å². The number of ether oxygens (including phenoxy) is 2. The summed E-state index contributed by atoms with van der Waals surface area (Å²) in [6.07, 6.45) is 0.620. The zero-order valence-electron chi connectivity index (χ0n) is 13.5. The third-order valence-electron chi connectivity index (χ3n) is 3.25. The number of hydrogen-bond acceptors (Lipinski definition) is 6. The van der Waals surface area contributed by atoms with E-state index >= 15 is 0 Å². The molecular weight excluding hydrogens is 314 g/mol. The first-order chi connectivity index (χ1) is 11.6. The average molecular weight is 333 g/mol. The van der Waals surface area contributed by atoms with Crippen LogP contribution in [0.15, 0.2) is 35.1 Å². The van der Waals surface area contributed by atoms with Gasteiger partial charge in [-0.25, -0.2) is 0 Å². The number of nitrogens with one attached hydrogen (secondary N) is 1. The molecule has 1 aromatic heterocycles. The molecule has 2 aromatic rings. The summed E-state index contributed by atoms with van der Waals surface area (Å²) in [7, 11) is 3.03. The van der Waals surface area contributed by atoms with E-state index in [1.54, 1.807) is 31.4 Å². The number of amides is 1. The number of methoxy groups -OCH3 is 2. The van der Waals surface area contributed by atoms with E-state index < -0.39 is 17.2 Å². The highest BCUT2D eigenvalue weighted by atomic mass is 16.5. The number of benzene rings is 1. The number of para-hydroxylation sites is 2. The predicted octanol–water partition coefficient (Wildman–Crippen LogP) is 0.713. The van der Waals surface area contributed by atoms with Crippen LogP contribution >= 0.6 is 0 Å². The number of aromatic hydroxyl groups is 1. The molecule has 0 saturated heterocycles. The highest BCUT2D eigenvalue weighted by molar-refractivity contribution is 5.94. The zero-order valence-corrected chi connectivity index (χ0v) is 13.5. The maximum absolute atomic E-state index is 12.2. The van der Waals surface area contributed by atoms with Crippen LogP contribution in [0.2, 0.25) is 0 Å². The van der Waals surface area contributed by atoms with Crippen molar-refractivity contribution in [2.45, 2.75) is 6.42 Å². The Bertz CT molecular complexity index is 773. The molecule has 0 radical (unpaired) electrons. The molecule has 8 nitrogen and oxygen atoms in total. The average Bonchev–Trinajstić information content (AvgIpc) is 2.58. The van der Waals surface area contributed by atoms with Crippen LogP contribution in [-0.4, -0.2) is 48.2 Å². The molecule has 8 heteroatoms. The summed E-state index contributed by atoms with van der Waals surface area (Å²) in [5.74, 6) is -0.633. The minimum absolute atomic E-state index is 0.238. The van der Waals surface area contributed by atoms with Gasteiger partial charge in [-0.1, -0.05) is 12.1 Å². The molecule has 2 N–H and O–H groups in total. The largest absolute Gasteiger partial charge is 0.505 e. The van der Waals surface area contributed by atoms with Crippen molar-refractivity contribution in [2.75, 3.05) is 27.4 Å². The van der Waals surface area contributed by atoms with Crippen molar-refractivity contribution in [1.82, 2.24) is 15.1 Å². The van der Waals surface area contributed by atoms with Crippen molar-refractivity contribution in [2.24, 2.45) is 0 Å². The lowest BCUT2D eigenvalue weighted by Gasteiger charge is -2.12. The lowest BCUT2D eigenvalue weighted by molar-refractivity contribution is 0.0938. The lowest BCUT2D eigenvalue weighted by Crippen LogP contribution is -2.30. The van der Waals surface area contributed by atoms with Gasteiger partial charge in [0, 0.05) is 26.3 Å². The van der Waals surface area contributed by atoms with E-state index in [1.807, 2.05) is 0 Å². The normalized spacial score (nSPS) is 10.4. The summed E-state index contributed by atoms with van der Waals surface area (Å²) < 4.78 is 11.1. The van der Waals surface area contributed by atoms with Gasteiger partial charge in [-0.3, -0.25) is 9.59 Å². The van der Waals surface area contributed by atoms with Gasteiger partial charge in [-0.15, -0.1) is 0 Å². The standard InChI is InChI=1S/C16H19N3O5/c1-23-9-5-8-17-16(22)15-12(20)10-14(21)19(18-15)11-6-3-4-7-13(11)24-2/h3-4,6-7,10,20H,5,8-9H2,1-2H3,(H,17,22). The number of carbonyl (C=O) groups is 1. The molecule has 0 aliphatic carbocycles. The summed E-state index contributed by atoms with van der Waals surface area (Å²) in [6.45, 7) is 0.863. The van der Waals surface area contributed by atoms with Crippen molar-refractivity contribution in [3.63, 3.8) is 0 Å². The number of rotatable bonds is 7. The van der Waals surface area contributed by atoms with Crippen LogP contribution in [0.1, 0.15) is 16.9 Å². The second-order valence-corrected chi connectivity index (χ2v) is 4.90. The second-order valence-electron chi connectivity index (χ2n) is 4.90. The van der Waals surface area contributed by atoms with E-state index in [4.69, 9.17) is 9.47 Å². The molecule has 0 bridgehead atoms. The lowest BCUT2D eigenvalue weighted by atomic mass is 10.3. The van der Waals surface area contributed by atoms with Gasteiger partial charge in [0.15, 0.2) is 11.4 Å². The van der Waals surface area contributed by atoms with Crippen molar-refractivity contribution in [3.05, 3.63) is 46.4 Å². The molecule has 0 fully saturated rings. The first kappa shape index (κ1) is 17.5. The highest BCUT2D eigenvalue weighted by Crippen LogP contribution is 2.21. The van der Waals surface area contributed by atoms with Gasteiger partial charge >= 0.3 is 0 Å². The SMILES string of the molecule is COCCCNC(=O)c1nn(-c2ccccc2OC)c(=O)cc1O. The Hall–Kier alpha value is -2.87. The number of aromatic nitrogens is 2. The molecule has 1 heterocycles. The summed E-state index contributed by atoms with van der Waals surface area (Å²) in [5.41, 5.74) is -0.440. The first-order valence-electron chi connectivity index (χ1n) is 7.32. The van der Waals surface area contributed by atoms with Crippen molar-refractivity contribution in [1.29, 1.82) is 0 Å². The molecule has 0 aliphatic rings. The summed E-state index contributed by atoms with van der Waals surface area (Å²) in [4.78, 5) is 24.3. The van der Waals surface area contributed by atoms with Crippen LogP contribution in [0.25, 0.3) is 5.69 Å². The molecule has 0 aliphatic heterocycles. The zero-order chi connectivity index (χ0) is 17.5. The predicted molar refractivity (Wildman–Crippen MR) is 86.9 cm³/mol. The molecule has 2 rings (SSSR count). The van der Waals surface area contributed by atoms with Gasteiger partial charge in [0.2, 0.25) is 0 Å². The van der Waals surface area contributed by atoms with E-state index in [0.717, 1.165) is 10.7 Å². The van der Waals surface area contributed by atoms with E-state index in [-0.39, 0.29) is 5.69 Å². The Balaban J connectivity index is 2.35. The summed E-state index contributed by atoms with van der Waals surface area (Å²) >= 11 is 0. The molecule has 0 unspecified atom stereocenters. The van der Waals surface area contributed by atoms with Crippen LogP contribution in [0, 0.1) is 0 Å². The van der Waals surface area contributed by atoms with Crippen LogP contribution < -0.4 is 15.6 Å². The fourth-order valence-corrected chi connectivity index (χ4v) is 2.09. The maximum atomic E-state index is 12.2. The number of carbonyl (C=O) groups excluding carboxylic acids is 1. The monoisotopic (exact) mass is 333 g/mol. The van der Waals surface area contributed by atoms with Crippen molar-refractivity contribution >= 4 is 5.91 Å². The van der Waals surface area contributed by atoms with Crippen LogP contribution in [0.4, 0.5) is 0 Å². The van der Waals surface area contributed by atoms with Crippen molar-refractivity contribution < 1.29 is 19.4 Å². The number of hydrogen-bond donors (Lipinski definition) is 2. The molecule has 0 atom stereocenters. The first-order valence-corrected chi connectivity index (χ1v) is 7.32. The third-order valence-corrected chi connectivity index (χ3v) is 3.25. The molecule has 1 amide bonds. The van der Waals surface area contributed by atoms with E-state index in [9.17, 15) is 14.7 Å². The topological polar surface area (TPSA) is 103 Å². The minimum Gasteiger partial charge on any atom is -0.505 e. The third kappa shape index (κ3) is 3.90. The minimum atomic E-state index is -0.577. The van der Waals surface area contributed by atoms with Gasteiger partial charge in [0.25, 0.3) is 11.5 Å². The Morgan fingerprint density at radius 1 is 1.33 bits per heavy atom. The van der Waals surface area contributed by atoms with E-state index in [0.29, 0.717) is 31.0 Å². The molecular formula is C16H19N3O5. The van der Waals surface area contributed by atoms with Gasteiger partial charge in [0.1, 0.15) is 11.4 Å². The van der Waals surface area contributed by atoms with Crippen LogP contribution in [0.3, 0.4) is 0 Å². The van der Waals surface area contributed by atoms with Crippen LogP contribution in [-0.2, 0) is 4.74 Å². The van der Waals surface area contributed by atoms with E-state index in [2.05, 4.69) is 10.4 Å². The Kier molecular flexibility index (Phi) is 5.91. The van der Waals surface area contributed by atoms with Crippen molar-refractivity contribution in [3.8, 4) is 17.2 Å².